The minimum absolute atomic E-state index is 0.281. The number of nitrogens with one attached hydrogen (secondary N) is 1. The van der Waals surface area contributed by atoms with E-state index in [0.717, 1.165) is 19.6 Å². The number of hydrogen-bond donors (Lipinski definition) is 1. The molecule has 0 aromatic carbocycles. The zero-order valence-electron chi connectivity index (χ0n) is 11.1. The van der Waals surface area contributed by atoms with E-state index in [1.54, 1.807) is 0 Å². The maximum absolute atomic E-state index is 9.35. The van der Waals surface area contributed by atoms with Gasteiger partial charge in [0, 0.05) is 25.2 Å². The van der Waals surface area contributed by atoms with Gasteiger partial charge in [-0.2, -0.15) is 5.26 Å². The summed E-state index contributed by atoms with van der Waals surface area (Å²) in [5.41, 5.74) is -0.432. The molecule has 96 valence electrons. The van der Waals surface area contributed by atoms with Gasteiger partial charge >= 0.3 is 0 Å². The number of nitriles is 1. The molecular formula is C13H23N3O. The van der Waals surface area contributed by atoms with E-state index in [9.17, 15) is 5.26 Å². The Balaban J connectivity index is 1.90. The van der Waals surface area contributed by atoms with Gasteiger partial charge in [0.15, 0.2) is 0 Å². The zero-order valence-corrected chi connectivity index (χ0v) is 11.1. The Bertz CT molecular complexity index is 310. The first kappa shape index (κ1) is 12.8. The first-order valence-electron chi connectivity index (χ1n) is 6.55. The normalized spacial score (nSPS) is 32.4. The van der Waals surface area contributed by atoms with Crippen molar-refractivity contribution in [3.05, 3.63) is 0 Å². The molecule has 0 spiro atoms. The number of likely N-dealkylation sites (N-methyl/N-ethyl adjacent to an activating group) is 1. The summed E-state index contributed by atoms with van der Waals surface area (Å²) in [5, 5.41) is 12.8. The Hall–Kier alpha value is -0.630. The van der Waals surface area contributed by atoms with Crippen LogP contribution in [0.25, 0.3) is 0 Å². The third kappa shape index (κ3) is 3.19. The third-order valence-corrected chi connectivity index (χ3v) is 3.81. The second kappa shape index (κ2) is 4.93. The van der Waals surface area contributed by atoms with E-state index < -0.39 is 5.54 Å². The van der Waals surface area contributed by atoms with Crippen LogP contribution >= 0.6 is 0 Å². The summed E-state index contributed by atoms with van der Waals surface area (Å²) >= 11 is 0. The summed E-state index contributed by atoms with van der Waals surface area (Å²) in [5.74, 6) is 0. The maximum atomic E-state index is 9.35. The lowest BCUT2D eigenvalue weighted by molar-refractivity contribution is 0.0773. The largest absolute Gasteiger partial charge is 0.377 e. The molecule has 4 nitrogen and oxygen atoms in total. The van der Waals surface area contributed by atoms with Crippen molar-refractivity contribution in [2.45, 2.75) is 56.8 Å². The molecule has 0 amide bonds. The van der Waals surface area contributed by atoms with Crippen molar-refractivity contribution >= 4 is 0 Å². The topological polar surface area (TPSA) is 48.3 Å². The summed E-state index contributed by atoms with van der Waals surface area (Å²) in [4.78, 5) is 2.27. The number of hydrogen-bond acceptors (Lipinski definition) is 4. The van der Waals surface area contributed by atoms with E-state index in [4.69, 9.17) is 4.74 Å². The van der Waals surface area contributed by atoms with E-state index in [0.29, 0.717) is 12.1 Å². The predicted octanol–water partition coefficient (Wildman–Crippen LogP) is 1.13. The maximum Gasteiger partial charge on any atom is 0.116 e. The second-order valence-electron chi connectivity index (χ2n) is 5.71. The first-order chi connectivity index (χ1) is 8.04. The van der Waals surface area contributed by atoms with Crippen LogP contribution in [0, 0.1) is 11.3 Å². The fraction of sp³-hybridized carbons (Fsp3) is 0.923. The van der Waals surface area contributed by atoms with Crippen LogP contribution < -0.4 is 5.32 Å². The molecule has 0 bridgehead atoms. The van der Waals surface area contributed by atoms with Crippen molar-refractivity contribution < 1.29 is 4.74 Å². The van der Waals surface area contributed by atoms with Gasteiger partial charge < -0.3 is 4.74 Å². The molecule has 3 unspecified atom stereocenters. The lowest BCUT2D eigenvalue weighted by Crippen LogP contribution is -2.53. The number of nitrogens with zero attached hydrogens (tertiary/aromatic N) is 2. The Morgan fingerprint density at radius 1 is 1.47 bits per heavy atom. The predicted molar refractivity (Wildman–Crippen MR) is 66.6 cm³/mol. The van der Waals surface area contributed by atoms with E-state index in [1.807, 2.05) is 6.92 Å². The molecule has 1 N–H and O–H groups in total. The van der Waals surface area contributed by atoms with Crippen LogP contribution in [0.2, 0.25) is 0 Å². The quantitative estimate of drug-likeness (QED) is 0.778. The van der Waals surface area contributed by atoms with Crippen LogP contribution in [0.4, 0.5) is 0 Å². The zero-order chi connectivity index (χ0) is 12.5. The minimum Gasteiger partial charge on any atom is -0.377 e. The van der Waals surface area contributed by atoms with Gasteiger partial charge in [0.2, 0.25) is 0 Å². The molecule has 2 fully saturated rings. The monoisotopic (exact) mass is 237 g/mol. The molecule has 1 heterocycles. The van der Waals surface area contributed by atoms with Gasteiger partial charge in [0.1, 0.15) is 5.54 Å². The van der Waals surface area contributed by atoms with Gasteiger partial charge in [0.05, 0.1) is 12.2 Å². The Kier molecular flexibility index (Phi) is 3.72. The van der Waals surface area contributed by atoms with Gasteiger partial charge in [0.25, 0.3) is 0 Å². The van der Waals surface area contributed by atoms with E-state index in [2.05, 4.69) is 30.3 Å². The van der Waals surface area contributed by atoms with E-state index >= 15 is 0 Å². The Morgan fingerprint density at radius 2 is 2.18 bits per heavy atom. The van der Waals surface area contributed by atoms with Crippen molar-refractivity contribution in [1.29, 1.82) is 5.26 Å². The summed E-state index contributed by atoms with van der Waals surface area (Å²) < 4.78 is 5.58. The number of rotatable bonds is 5. The molecule has 17 heavy (non-hydrogen) atoms. The SMILES string of the molecule is CC1OCCC1N(C)CC(C)(C#N)NC1CC1. The standard InChI is InChI=1S/C13H23N3O/c1-10-12(6-7-17-10)16(3)9-13(2,8-14)15-11-4-5-11/h10-12,15H,4-7,9H2,1-3H3. The average Bonchev–Trinajstić information content (AvgIpc) is 2.97. The lowest BCUT2D eigenvalue weighted by atomic mass is 10.0. The van der Waals surface area contributed by atoms with Crippen LogP contribution in [0.1, 0.15) is 33.1 Å². The lowest BCUT2D eigenvalue weighted by Gasteiger charge is -2.33. The smallest absolute Gasteiger partial charge is 0.116 e. The summed E-state index contributed by atoms with van der Waals surface area (Å²) in [7, 11) is 2.10. The van der Waals surface area contributed by atoms with E-state index in [-0.39, 0.29) is 6.10 Å². The van der Waals surface area contributed by atoms with Gasteiger partial charge in [-0.15, -0.1) is 0 Å². The van der Waals surface area contributed by atoms with Crippen molar-refractivity contribution in [3.63, 3.8) is 0 Å². The molecule has 1 saturated carbocycles. The highest BCUT2D eigenvalue weighted by molar-refractivity contribution is 5.09. The van der Waals surface area contributed by atoms with E-state index in [1.165, 1.54) is 12.8 Å². The van der Waals surface area contributed by atoms with Gasteiger partial charge in [-0.3, -0.25) is 10.2 Å². The minimum atomic E-state index is -0.432. The highest BCUT2D eigenvalue weighted by Crippen LogP contribution is 2.24. The van der Waals surface area contributed by atoms with Crippen molar-refractivity contribution in [2.24, 2.45) is 0 Å². The van der Waals surface area contributed by atoms with Crippen molar-refractivity contribution in [3.8, 4) is 6.07 Å². The van der Waals surface area contributed by atoms with Crippen molar-refractivity contribution in [1.82, 2.24) is 10.2 Å². The van der Waals surface area contributed by atoms with Crippen molar-refractivity contribution in [2.75, 3.05) is 20.2 Å². The molecule has 1 aliphatic heterocycles. The van der Waals surface area contributed by atoms with Crippen LogP contribution in [0.15, 0.2) is 0 Å². The van der Waals surface area contributed by atoms with Crippen LogP contribution in [-0.2, 0) is 4.74 Å². The van der Waals surface area contributed by atoms with Gasteiger partial charge in [-0.05, 0) is 40.2 Å². The molecular weight excluding hydrogens is 214 g/mol. The molecule has 0 aromatic rings. The van der Waals surface area contributed by atoms with Gasteiger partial charge in [-0.25, -0.2) is 0 Å². The molecule has 3 atom stereocenters. The second-order valence-corrected chi connectivity index (χ2v) is 5.71. The highest BCUT2D eigenvalue weighted by Gasteiger charge is 2.36. The Labute approximate surface area is 104 Å². The average molecular weight is 237 g/mol. The molecule has 0 radical (unpaired) electrons. The summed E-state index contributed by atoms with van der Waals surface area (Å²) in [6.07, 6.45) is 3.78. The Morgan fingerprint density at radius 3 is 2.65 bits per heavy atom. The number of ether oxygens (including phenoxy) is 1. The first-order valence-corrected chi connectivity index (χ1v) is 6.55. The third-order valence-electron chi connectivity index (χ3n) is 3.81. The molecule has 1 aliphatic carbocycles. The van der Waals surface area contributed by atoms with Crippen LogP contribution in [0.3, 0.4) is 0 Å². The molecule has 0 aromatic heterocycles. The van der Waals surface area contributed by atoms with Crippen LogP contribution in [-0.4, -0.2) is 48.8 Å². The molecule has 2 aliphatic rings. The summed E-state index contributed by atoms with van der Waals surface area (Å²) in [6.45, 7) is 5.72. The molecule has 1 saturated heterocycles. The molecule has 4 heteroatoms. The molecule has 2 rings (SSSR count). The van der Waals surface area contributed by atoms with Gasteiger partial charge in [-0.1, -0.05) is 0 Å². The van der Waals surface area contributed by atoms with Crippen LogP contribution in [0.5, 0.6) is 0 Å². The fourth-order valence-electron chi connectivity index (χ4n) is 2.71. The highest BCUT2D eigenvalue weighted by atomic mass is 16.5. The fourth-order valence-corrected chi connectivity index (χ4v) is 2.71. The summed E-state index contributed by atoms with van der Waals surface area (Å²) in [6, 6.07) is 3.43.